The third-order valence-electron chi connectivity index (χ3n) is 4.64. The minimum atomic E-state index is -0.314. The van der Waals surface area contributed by atoms with Crippen LogP contribution in [-0.4, -0.2) is 60.7 Å². The molecule has 0 unspecified atom stereocenters. The van der Waals surface area contributed by atoms with Crippen molar-refractivity contribution in [3.63, 3.8) is 0 Å². The first-order chi connectivity index (χ1) is 13.0. The number of unbranched alkanes of at least 4 members (excludes halogenated alkanes) is 1. The summed E-state index contributed by atoms with van der Waals surface area (Å²) in [5, 5.41) is 9.34. The molecule has 5 heteroatoms. The molecule has 27 heavy (non-hydrogen) atoms. The van der Waals surface area contributed by atoms with Crippen LogP contribution in [0.25, 0.3) is 0 Å². The first-order valence-electron chi connectivity index (χ1n) is 10.4. The van der Waals surface area contributed by atoms with E-state index in [0.29, 0.717) is 18.7 Å². The van der Waals surface area contributed by atoms with Crippen LogP contribution in [0.2, 0.25) is 0 Å². The largest absolute Gasteiger partial charge is 0.462 e. The number of benzene rings is 1. The van der Waals surface area contributed by atoms with Gasteiger partial charge in [-0.15, -0.1) is 0 Å². The number of carbonyl (C=O) groups is 1. The van der Waals surface area contributed by atoms with Crippen LogP contribution in [0, 0.1) is 0 Å². The van der Waals surface area contributed by atoms with Crippen LogP contribution in [0.5, 0.6) is 0 Å². The van der Waals surface area contributed by atoms with E-state index in [-0.39, 0.29) is 12.6 Å². The van der Waals surface area contributed by atoms with Crippen LogP contribution in [0.1, 0.15) is 67.9 Å². The summed E-state index contributed by atoms with van der Waals surface area (Å²) >= 11 is 0. The molecular weight excluding hydrogens is 340 g/mol. The molecule has 0 bridgehead atoms. The zero-order valence-corrected chi connectivity index (χ0v) is 17.7. The lowest BCUT2D eigenvalue weighted by Gasteiger charge is -2.22. The molecule has 0 aromatic heterocycles. The van der Waals surface area contributed by atoms with Gasteiger partial charge in [0.15, 0.2) is 0 Å². The van der Waals surface area contributed by atoms with Gasteiger partial charge in [-0.25, -0.2) is 4.79 Å². The highest BCUT2D eigenvalue weighted by Gasteiger charge is 2.15. The van der Waals surface area contributed by atoms with Crippen molar-refractivity contribution in [3.05, 3.63) is 34.9 Å². The van der Waals surface area contributed by atoms with Gasteiger partial charge in [0.1, 0.15) is 0 Å². The maximum absolute atomic E-state index is 12.2. The van der Waals surface area contributed by atoms with Gasteiger partial charge in [-0.2, -0.15) is 0 Å². The molecule has 1 aromatic carbocycles. The molecule has 0 radical (unpaired) electrons. The first-order valence-corrected chi connectivity index (χ1v) is 10.4. The van der Waals surface area contributed by atoms with E-state index >= 15 is 0 Å². The zero-order chi connectivity index (χ0) is 20.1. The number of ether oxygens (including phenoxy) is 1. The molecule has 0 aliphatic heterocycles. The fraction of sp³-hybridized carbons (Fsp3) is 0.682. The van der Waals surface area contributed by atoms with Gasteiger partial charge in [-0.05, 0) is 83.0 Å². The predicted octanol–water partition coefficient (Wildman–Crippen LogP) is 3.69. The van der Waals surface area contributed by atoms with Crippen LogP contribution in [0.4, 0.5) is 0 Å². The summed E-state index contributed by atoms with van der Waals surface area (Å²) in [7, 11) is 2.09. The van der Waals surface area contributed by atoms with Gasteiger partial charge >= 0.3 is 5.97 Å². The predicted molar refractivity (Wildman–Crippen MR) is 111 cm³/mol. The van der Waals surface area contributed by atoms with Crippen LogP contribution in [0.15, 0.2) is 18.2 Å². The maximum Gasteiger partial charge on any atom is 0.338 e. The van der Waals surface area contributed by atoms with Gasteiger partial charge in [0.25, 0.3) is 0 Å². The smallest absolute Gasteiger partial charge is 0.338 e. The van der Waals surface area contributed by atoms with Crippen molar-refractivity contribution in [2.24, 2.45) is 0 Å². The van der Waals surface area contributed by atoms with Crippen molar-refractivity contribution in [3.8, 4) is 0 Å². The number of esters is 1. The quantitative estimate of drug-likeness (QED) is 0.395. The van der Waals surface area contributed by atoms with Crippen LogP contribution < -0.4 is 0 Å². The summed E-state index contributed by atoms with van der Waals surface area (Å²) in [5.41, 5.74) is 2.25. The number of rotatable bonds is 14. The highest BCUT2D eigenvalue weighted by atomic mass is 16.5. The second-order valence-corrected chi connectivity index (χ2v) is 7.16. The van der Waals surface area contributed by atoms with Gasteiger partial charge < -0.3 is 19.6 Å². The summed E-state index contributed by atoms with van der Waals surface area (Å²) in [6, 6.07) is 5.55. The Labute approximate surface area is 165 Å². The molecule has 0 spiro atoms. The summed E-state index contributed by atoms with van der Waals surface area (Å²) in [5.74, 6) is -0.314. The Morgan fingerprint density at radius 1 is 1.04 bits per heavy atom. The van der Waals surface area contributed by atoms with Gasteiger partial charge in [0.2, 0.25) is 0 Å². The third kappa shape index (κ3) is 8.87. The molecule has 0 aliphatic rings. The standard InChI is InChI=1S/C22H38N2O3/c1-5-12-24(13-6-2)15-9-8-14-23(4)17-20-11-10-19(18-25)16-21(20)22(26)27-7-3/h10-11,16,25H,5-9,12-15,17-18H2,1-4H3. The minimum absolute atomic E-state index is 0.0749. The Bertz CT molecular complexity index is 542. The van der Waals surface area contributed by atoms with Gasteiger partial charge in [0.05, 0.1) is 18.8 Å². The number of aliphatic hydroxyl groups excluding tert-OH is 1. The SMILES string of the molecule is CCCN(CCC)CCCCN(C)Cc1ccc(CO)cc1C(=O)OCC. The molecule has 0 aliphatic carbocycles. The van der Waals surface area contributed by atoms with E-state index in [4.69, 9.17) is 4.74 Å². The van der Waals surface area contributed by atoms with Gasteiger partial charge in [-0.1, -0.05) is 26.0 Å². The molecule has 0 fully saturated rings. The lowest BCUT2D eigenvalue weighted by molar-refractivity contribution is 0.0524. The highest BCUT2D eigenvalue weighted by molar-refractivity contribution is 5.91. The molecule has 154 valence electrons. The Morgan fingerprint density at radius 2 is 1.70 bits per heavy atom. The molecule has 0 amide bonds. The van der Waals surface area contributed by atoms with E-state index in [1.165, 1.54) is 32.4 Å². The lowest BCUT2D eigenvalue weighted by atomic mass is 10.0. The third-order valence-corrected chi connectivity index (χ3v) is 4.64. The zero-order valence-electron chi connectivity index (χ0n) is 17.7. The van der Waals surface area contributed by atoms with Crippen molar-refractivity contribution < 1.29 is 14.6 Å². The van der Waals surface area contributed by atoms with Gasteiger partial charge in [0, 0.05) is 6.54 Å². The molecule has 0 saturated heterocycles. The van der Waals surface area contributed by atoms with Crippen molar-refractivity contribution in [1.82, 2.24) is 9.80 Å². The Kier molecular flexibility index (Phi) is 12.0. The molecule has 5 nitrogen and oxygen atoms in total. The average molecular weight is 379 g/mol. The highest BCUT2D eigenvalue weighted by Crippen LogP contribution is 2.16. The lowest BCUT2D eigenvalue weighted by Crippen LogP contribution is -2.27. The molecule has 0 atom stereocenters. The molecule has 1 aromatic rings. The fourth-order valence-electron chi connectivity index (χ4n) is 3.31. The van der Waals surface area contributed by atoms with Crippen molar-refractivity contribution in [2.75, 3.05) is 39.8 Å². The normalized spacial score (nSPS) is 11.4. The van der Waals surface area contributed by atoms with Gasteiger partial charge in [-0.3, -0.25) is 0 Å². The first kappa shape index (κ1) is 23.6. The fourth-order valence-corrected chi connectivity index (χ4v) is 3.31. The number of nitrogens with zero attached hydrogens (tertiary/aromatic N) is 2. The number of hydrogen-bond acceptors (Lipinski definition) is 5. The second kappa shape index (κ2) is 13.7. The van der Waals surface area contributed by atoms with E-state index in [2.05, 4.69) is 30.7 Å². The van der Waals surface area contributed by atoms with E-state index in [0.717, 1.165) is 30.6 Å². The topological polar surface area (TPSA) is 53.0 Å². The second-order valence-electron chi connectivity index (χ2n) is 7.16. The molecular formula is C22H38N2O3. The summed E-state index contributed by atoms with van der Waals surface area (Å²) in [6.07, 6.45) is 4.75. The maximum atomic E-state index is 12.2. The van der Waals surface area contributed by atoms with Crippen molar-refractivity contribution in [1.29, 1.82) is 0 Å². The number of carbonyl (C=O) groups excluding carboxylic acids is 1. The van der Waals surface area contributed by atoms with E-state index < -0.39 is 0 Å². The number of hydrogen-bond donors (Lipinski definition) is 1. The minimum Gasteiger partial charge on any atom is -0.462 e. The molecule has 1 rings (SSSR count). The van der Waals surface area contributed by atoms with Crippen LogP contribution in [0.3, 0.4) is 0 Å². The monoisotopic (exact) mass is 378 g/mol. The van der Waals surface area contributed by atoms with E-state index in [1.807, 2.05) is 12.1 Å². The number of aliphatic hydroxyl groups is 1. The average Bonchev–Trinajstić information content (AvgIpc) is 2.66. The van der Waals surface area contributed by atoms with Crippen LogP contribution in [-0.2, 0) is 17.9 Å². The van der Waals surface area contributed by atoms with Crippen molar-refractivity contribution >= 4 is 5.97 Å². The van der Waals surface area contributed by atoms with E-state index in [1.54, 1.807) is 13.0 Å². The Hall–Kier alpha value is -1.43. The van der Waals surface area contributed by atoms with E-state index in [9.17, 15) is 9.90 Å². The summed E-state index contributed by atoms with van der Waals surface area (Å²) < 4.78 is 5.18. The molecule has 0 heterocycles. The van der Waals surface area contributed by atoms with Crippen molar-refractivity contribution in [2.45, 2.75) is 59.6 Å². The summed E-state index contributed by atoms with van der Waals surface area (Å²) in [4.78, 5) is 17.0. The summed E-state index contributed by atoms with van der Waals surface area (Å²) in [6.45, 7) is 11.8. The van der Waals surface area contributed by atoms with Crippen LogP contribution >= 0.6 is 0 Å². The molecule has 1 N–H and O–H groups in total. The Morgan fingerprint density at radius 3 is 2.30 bits per heavy atom. The molecule has 0 saturated carbocycles. The Balaban J connectivity index is 2.56.